The molecule has 0 radical (unpaired) electrons. The fourth-order valence-corrected chi connectivity index (χ4v) is 12.7. The molecule has 0 aliphatic carbocycles. The van der Waals surface area contributed by atoms with Crippen LogP contribution in [0.4, 0.5) is 62.6 Å². The number of aromatic hydroxyl groups is 4. The van der Waals surface area contributed by atoms with Gasteiger partial charge < -0.3 is 30.9 Å². The first-order valence-electron chi connectivity index (χ1n) is 26.4. The van der Waals surface area contributed by atoms with E-state index < -0.39 is 120 Å². The Labute approximate surface area is 525 Å². The predicted octanol–water partition coefficient (Wildman–Crippen LogP) is 14.4. The molecule has 0 aliphatic heterocycles. The van der Waals surface area contributed by atoms with Gasteiger partial charge in [0.25, 0.3) is 50.6 Å². The monoisotopic (exact) mass is 1360 g/mol. The topological polar surface area (TPSA) is 512 Å². The van der Waals surface area contributed by atoms with Gasteiger partial charge in [0.2, 0.25) is 0 Å². The number of hydrogen-bond acceptors (Lipinski definition) is 26. The minimum Gasteiger partial charge on any atom is -0.507 e. The van der Waals surface area contributed by atoms with E-state index in [9.17, 15) is 85.3 Å². The lowest BCUT2D eigenvalue weighted by atomic mass is 10.1. The normalized spacial score (nSPS) is 13.0. The number of phenols is 4. The van der Waals surface area contributed by atoms with Crippen molar-refractivity contribution in [1.82, 2.24) is 0 Å². The molecular formula is C57H45N11O20S5. The molecule has 10 rings (SSSR count). The van der Waals surface area contributed by atoms with Crippen LogP contribution in [0.5, 0.6) is 28.7 Å². The minimum atomic E-state index is -5.49. The largest absolute Gasteiger partial charge is 0.507 e. The molecule has 0 saturated heterocycles. The molecule has 10 aromatic carbocycles. The smallest absolute Gasteiger partial charge is 0.297 e. The molecule has 0 atom stereocenters. The van der Waals surface area contributed by atoms with Crippen LogP contribution in [0, 0.1) is 13.8 Å². The predicted molar refractivity (Wildman–Crippen MR) is 335 cm³/mol. The van der Waals surface area contributed by atoms with Gasteiger partial charge in [0.1, 0.15) is 66.0 Å². The summed E-state index contributed by atoms with van der Waals surface area (Å²) in [5, 5.41) is 85.0. The molecule has 10 aromatic rings. The van der Waals surface area contributed by atoms with E-state index in [1.54, 1.807) is 32.0 Å². The number of phenolic OH excluding ortho intramolecular Hbond substituents is 4. The van der Waals surface area contributed by atoms with E-state index in [2.05, 4.69) is 51.1 Å². The van der Waals surface area contributed by atoms with Crippen LogP contribution in [-0.2, 0) is 50.6 Å². The Morgan fingerprint density at radius 3 is 1.61 bits per heavy atom. The van der Waals surface area contributed by atoms with Gasteiger partial charge in [-0.15, -0.1) is 40.9 Å². The van der Waals surface area contributed by atoms with Crippen LogP contribution in [0.25, 0.3) is 43.1 Å². The molecule has 0 bridgehead atoms. The van der Waals surface area contributed by atoms with Gasteiger partial charge in [-0.2, -0.15) is 52.3 Å². The summed E-state index contributed by atoms with van der Waals surface area (Å²) in [4.78, 5) is -4.43. The molecule has 0 fully saturated rings. The van der Waals surface area contributed by atoms with E-state index in [-0.39, 0.29) is 90.7 Å². The molecule has 0 amide bonds. The molecule has 0 aromatic heterocycles. The highest BCUT2D eigenvalue weighted by molar-refractivity contribution is 7.87. The summed E-state index contributed by atoms with van der Waals surface area (Å²) < 4.78 is 181. The first kappa shape index (κ1) is 65.5. The van der Waals surface area contributed by atoms with Crippen LogP contribution < -0.4 is 10.5 Å². The summed E-state index contributed by atoms with van der Waals surface area (Å²) in [7, 11) is -25.5. The van der Waals surface area contributed by atoms with Crippen molar-refractivity contribution in [3.63, 3.8) is 0 Å². The van der Waals surface area contributed by atoms with Gasteiger partial charge in [-0.1, -0.05) is 19.1 Å². The van der Waals surface area contributed by atoms with Crippen molar-refractivity contribution < 1.29 is 90.0 Å². The lowest BCUT2D eigenvalue weighted by molar-refractivity contribution is 0.318. The number of ether oxygens (including phenoxy) is 1. The fraction of sp³-hybridized carbons (Fsp3) is 0.0877. The van der Waals surface area contributed by atoms with Crippen molar-refractivity contribution in [2.45, 2.75) is 51.7 Å². The van der Waals surface area contributed by atoms with Gasteiger partial charge in [-0.3, -0.25) is 22.8 Å². The molecule has 0 heterocycles. The number of nitrogens with two attached hydrogens (primary N) is 1. The van der Waals surface area contributed by atoms with E-state index in [1.165, 1.54) is 73.7 Å². The van der Waals surface area contributed by atoms with Crippen LogP contribution in [0.1, 0.15) is 24.5 Å². The Morgan fingerprint density at radius 1 is 0.409 bits per heavy atom. The number of hydrogen-bond donors (Lipinski definition) is 10. The van der Waals surface area contributed by atoms with Crippen LogP contribution in [0.3, 0.4) is 0 Å². The van der Waals surface area contributed by atoms with Gasteiger partial charge in [-0.25, -0.2) is 0 Å². The minimum absolute atomic E-state index is 0.0146. The second-order valence-electron chi connectivity index (χ2n) is 20.2. The Kier molecular flexibility index (Phi) is 17.4. The molecular weight excluding hydrogens is 1320 g/mol. The van der Waals surface area contributed by atoms with Crippen molar-refractivity contribution in [3.8, 4) is 28.7 Å². The standard InChI is InChI=1S/C57H45N11O20S5/c1-4-17-88-48-26-44(64-66-46-23-32(89(73,74)75)21-30-22-33(90(76,77)78)24-47(69)51(30)46)28(3)19-45(48)65-68-53-50(92(82,83)84)25-38-37(56(53)72)11-16-43(57(38)93(85,86)87)63-67-52-35-10-15-42(55(71)36(35)9-12-39(52)58)61-59-31-7-8-34-29(20-31)6-14-41(54(34)70)62-60-40-13-5-27(2)18-49(40)91(79,80)81/h5-16,18-26,69-72H,4,17,58H2,1-3H3,(H,73,74,75)(H,76,77,78)(H,79,80,81)(H,82,83,84)(H,85,86,87). The van der Waals surface area contributed by atoms with Crippen molar-refractivity contribution in [3.05, 3.63) is 139 Å². The van der Waals surface area contributed by atoms with Crippen LogP contribution in [-0.4, -0.2) is 91.9 Å². The van der Waals surface area contributed by atoms with Gasteiger partial charge in [-0.05, 0) is 145 Å². The molecule has 11 N–H and O–H groups in total. The van der Waals surface area contributed by atoms with E-state index in [1.807, 2.05) is 0 Å². The number of benzene rings is 10. The third kappa shape index (κ3) is 13.6. The van der Waals surface area contributed by atoms with Gasteiger partial charge in [0.05, 0.1) is 44.5 Å². The molecule has 0 spiro atoms. The average molecular weight is 1360 g/mol. The maximum absolute atomic E-state index is 13.3. The quantitative estimate of drug-likeness (QED) is 0.0217. The number of nitrogen functional groups attached to an aromatic ring is 1. The second kappa shape index (κ2) is 24.7. The first-order chi connectivity index (χ1) is 43.6. The molecule has 31 nitrogen and oxygen atoms in total. The molecule has 93 heavy (non-hydrogen) atoms. The number of fused-ring (bicyclic) bond motifs is 4. The lowest BCUT2D eigenvalue weighted by Gasteiger charge is -2.13. The summed E-state index contributed by atoms with van der Waals surface area (Å²) in [5.41, 5.74) is 4.68. The summed E-state index contributed by atoms with van der Waals surface area (Å²) in [5.74, 6) is -2.72. The van der Waals surface area contributed by atoms with Gasteiger partial charge >= 0.3 is 0 Å². The fourth-order valence-electron chi connectivity index (χ4n) is 9.44. The Balaban J connectivity index is 0.959. The molecule has 0 aliphatic rings. The summed E-state index contributed by atoms with van der Waals surface area (Å²) in [6, 6.07) is 25.4. The zero-order valence-corrected chi connectivity index (χ0v) is 51.7. The van der Waals surface area contributed by atoms with Crippen LogP contribution in [0.2, 0.25) is 0 Å². The molecule has 0 unspecified atom stereocenters. The molecule has 0 saturated carbocycles. The number of rotatable bonds is 18. The number of anilines is 1. The highest BCUT2D eigenvalue weighted by atomic mass is 32.2. The van der Waals surface area contributed by atoms with Gasteiger partial charge in [0.15, 0.2) is 17.2 Å². The zero-order chi connectivity index (χ0) is 67.4. The molecule has 478 valence electrons. The van der Waals surface area contributed by atoms with Crippen LogP contribution >= 0.6 is 0 Å². The summed E-state index contributed by atoms with van der Waals surface area (Å²) >= 11 is 0. The first-order valence-corrected chi connectivity index (χ1v) is 33.6. The van der Waals surface area contributed by atoms with E-state index in [0.29, 0.717) is 34.9 Å². The summed E-state index contributed by atoms with van der Waals surface area (Å²) in [6.07, 6.45) is 0.405. The van der Waals surface area contributed by atoms with E-state index >= 15 is 0 Å². The van der Waals surface area contributed by atoms with Crippen molar-refractivity contribution in [2.75, 3.05) is 12.3 Å². The lowest BCUT2D eigenvalue weighted by Crippen LogP contribution is -2.03. The van der Waals surface area contributed by atoms with E-state index in [4.69, 9.17) is 10.5 Å². The molecule has 36 heteroatoms. The number of nitrogens with zero attached hydrogens (tertiary/aromatic N) is 10. The maximum Gasteiger partial charge on any atom is 0.297 e. The highest BCUT2D eigenvalue weighted by Gasteiger charge is 2.29. The number of aryl methyl sites for hydroxylation is 2. The Hall–Kier alpha value is -10.4. The zero-order valence-electron chi connectivity index (χ0n) is 47.6. The third-order valence-electron chi connectivity index (χ3n) is 13.8. The van der Waals surface area contributed by atoms with Crippen LogP contribution in [0.15, 0.2) is 203 Å². The van der Waals surface area contributed by atoms with E-state index in [0.717, 1.165) is 30.3 Å². The van der Waals surface area contributed by atoms with Crippen molar-refractivity contribution >= 4 is 156 Å². The Morgan fingerprint density at radius 2 is 0.946 bits per heavy atom. The summed E-state index contributed by atoms with van der Waals surface area (Å²) in [6.45, 7) is 4.85. The van der Waals surface area contributed by atoms with Gasteiger partial charge in [0, 0.05) is 39.1 Å². The van der Waals surface area contributed by atoms with Crippen molar-refractivity contribution in [1.29, 1.82) is 0 Å². The number of azo groups is 5. The second-order valence-corrected chi connectivity index (χ2v) is 27.2. The SMILES string of the molecule is CCCOc1cc(N=Nc2cc(S(=O)(=O)O)cc3cc(S(=O)(=O)O)cc(O)c23)c(C)cc1N=Nc1c(S(=O)(=O)O)cc2c(S(=O)(=O)O)c(N=Nc3c(N)ccc4c(O)c(N=Nc5ccc6c(O)c(N=Nc7ccc(C)cc7S(=O)(=O)O)ccc6c5)ccc34)ccc2c1O. The average Bonchev–Trinajstić information content (AvgIpc) is 0.753. The third-order valence-corrected chi connectivity index (χ3v) is 18.2. The van der Waals surface area contributed by atoms with Crippen molar-refractivity contribution in [2.24, 2.45) is 51.1 Å². The maximum atomic E-state index is 13.3. The Bertz CT molecular complexity index is 5630. The highest BCUT2D eigenvalue weighted by Crippen LogP contribution is 2.49.